The molecule has 18 heavy (non-hydrogen) atoms. The Hall–Kier alpha value is -2.07. The van der Waals surface area contributed by atoms with Crippen molar-refractivity contribution in [3.63, 3.8) is 0 Å². The van der Waals surface area contributed by atoms with Crippen LogP contribution in [0.15, 0.2) is 52.8 Å². The van der Waals surface area contributed by atoms with E-state index >= 15 is 0 Å². The Bertz CT molecular complexity index is 616. The fourth-order valence-corrected chi connectivity index (χ4v) is 2.05. The SMILES string of the molecule is CN1C(=S)/C(=C\c2ccco2)Oc2ccccc21. The standard InChI is InChI=1S/C14H11NO2S/c1-15-11-6-2-3-7-12(11)17-13(14(15)18)9-10-5-4-8-16-10/h2-9H,1H3/b13-9+. The summed E-state index contributed by atoms with van der Waals surface area (Å²) in [6.45, 7) is 0. The van der Waals surface area contributed by atoms with E-state index in [2.05, 4.69) is 0 Å². The fraction of sp³-hybridized carbons (Fsp3) is 0.0714. The summed E-state index contributed by atoms with van der Waals surface area (Å²) in [5, 5.41) is 0. The van der Waals surface area contributed by atoms with Gasteiger partial charge in [-0.05, 0) is 24.3 Å². The number of para-hydroxylation sites is 2. The van der Waals surface area contributed by atoms with E-state index in [9.17, 15) is 0 Å². The summed E-state index contributed by atoms with van der Waals surface area (Å²) >= 11 is 5.39. The molecule has 4 heteroatoms. The number of hydrogen-bond acceptors (Lipinski definition) is 3. The number of benzene rings is 1. The second kappa shape index (κ2) is 4.31. The molecular formula is C14H11NO2S. The lowest BCUT2D eigenvalue weighted by Crippen LogP contribution is -2.32. The van der Waals surface area contributed by atoms with Crippen molar-refractivity contribution in [2.45, 2.75) is 0 Å². The van der Waals surface area contributed by atoms with Crippen LogP contribution in [0.2, 0.25) is 0 Å². The number of hydrogen-bond donors (Lipinski definition) is 0. The molecule has 0 unspecified atom stereocenters. The largest absolute Gasteiger partial charge is 0.465 e. The monoisotopic (exact) mass is 257 g/mol. The molecule has 0 saturated heterocycles. The van der Waals surface area contributed by atoms with Gasteiger partial charge in [-0.1, -0.05) is 24.4 Å². The molecule has 1 aromatic heterocycles. The first kappa shape index (κ1) is 11.0. The van der Waals surface area contributed by atoms with Crippen molar-refractivity contribution in [3.05, 3.63) is 54.2 Å². The molecule has 1 aliphatic heterocycles. The number of ether oxygens (including phenoxy) is 1. The highest BCUT2D eigenvalue weighted by Gasteiger charge is 2.23. The van der Waals surface area contributed by atoms with Gasteiger partial charge in [0.1, 0.15) is 10.7 Å². The van der Waals surface area contributed by atoms with Crippen molar-refractivity contribution < 1.29 is 9.15 Å². The molecule has 1 aliphatic rings. The molecule has 2 aromatic rings. The summed E-state index contributed by atoms with van der Waals surface area (Å²) in [6.07, 6.45) is 3.42. The third-order valence-electron chi connectivity index (χ3n) is 2.78. The van der Waals surface area contributed by atoms with E-state index in [1.165, 1.54) is 0 Å². The molecule has 0 bridgehead atoms. The van der Waals surface area contributed by atoms with Crippen LogP contribution >= 0.6 is 12.2 Å². The summed E-state index contributed by atoms with van der Waals surface area (Å²) in [4.78, 5) is 2.58. The van der Waals surface area contributed by atoms with Crippen molar-refractivity contribution in [1.82, 2.24) is 0 Å². The maximum absolute atomic E-state index is 5.81. The van der Waals surface area contributed by atoms with Crippen LogP contribution < -0.4 is 9.64 Å². The van der Waals surface area contributed by atoms with Crippen LogP contribution in [0.3, 0.4) is 0 Å². The summed E-state index contributed by atoms with van der Waals surface area (Å²) in [6, 6.07) is 11.5. The zero-order valence-corrected chi connectivity index (χ0v) is 10.6. The van der Waals surface area contributed by atoms with Crippen LogP contribution in [-0.4, -0.2) is 12.0 Å². The van der Waals surface area contributed by atoms with E-state index in [4.69, 9.17) is 21.4 Å². The first-order valence-corrected chi connectivity index (χ1v) is 5.96. The van der Waals surface area contributed by atoms with Gasteiger partial charge in [0.2, 0.25) is 0 Å². The van der Waals surface area contributed by atoms with Gasteiger partial charge in [0, 0.05) is 13.1 Å². The number of thiocarbonyl (C=S) groups is 1. The molecule has 3 rings (SSSR count). The predicted octanol–water partition coefficient (Wildman–Crippen LogP) is 3.48. The molecule has 90 valence electrons. The van der Waals surface area contributed by atoms with Gasteiger partial charge in [0.05, 0.1) is 12.0 Å². The summed E-state index contributed by atoms with van der Waals surface area (Å²) in [5.41, 5.74) is 0.971. The molecule has 0 spiro atoms. The Kier molecular flexibility index (Phi) is 2.64. The minimum atomic E-state index is 0.626. The van der Waals surface area contributed by atoms with Gasteiger partial charge in [-0.15, -0.1) is 0 Å². The molecule has 1 aromatic carbocycles. The number of rotatable bonds is 1. The van der Waals surface area contributed by atoms with Crippen molar-refractivity contribution in [2.75, 3.05) is 11.9 Å². The number of furan rings is 1. The highest BCUT2D eigenvalue weighted by Crippen LogP contribution is 2.34. The smallest absolute Gasteiger partial charge is 0.166 e. The molecule has 0 N–H and O–H groups in total. The number of likely N-dealkylation sites (N-methyl/N-ethyl adjacent to an activating group) is 1. The van der Waals surface area contributed by atoms with E-state index in [1.807, 2.05) is 48.3 Å². The molecule has 0 atom stereocenters. The number of anilines is 1. The summed E-state index contributed by atoms with van der Waals surface area (Å²) in [5.74, 6) is 2.15. The highest BCUT2D eigenvalue weighted by molar-refractivity contribution is 7.81. The molecule has 0 amide bonds. The van der Waals surface area contributed by atoms with Gasteiger partial charge in [-0.25, -0.2) is 0 Å². The van der Waals surface area contributed by atoms with Gasteiger partial charge < -0.3 is 14.1 Å². The van der Waals surface area contributed by atoms with E-state index in [0.29, 0.717) is 10.7 Å². The van der Waals surface area contributed by atoms with Gasteiger partial charge in [0.15, 0.2) is 11.5 Å². The fourth-order valence-electron chi connectivity index (χ4n) is 1.85. The zero-order valence-electron chi connectivity index (χ0n) is 9.79. The first-order chi connectivity index (χ1) is 8.75. The lowest BCUT2D eigenvalue weighted by Gasteiger charge is -2.29. The van der Waals surface area contributed by atoms with Gasteiger partial charge in [-0.3, -0.25) is 0 Å². The third kappa shape index (κ3) is 1.80. The maximum Gasteiger partial charge on any atom is 0.166 e. The van der Waals surface area contributed by atoms with Crippen LogP contribution in [0.25, 0.3) is 6.08 Å². The molecular weight excluding hydrogens is 246 g/mol. The summed E-state index contributed by atoms with van der Waals surface area (Å²) in [7, 11) is 1.93. The summed E-state index contributed by atoms with van der Waals surface area (Å²) < 4.78 is 11.1. The third-order valence-corrected chi connectivity index (χ3v) is 3.25. The molecule has 0 saturated carbocycles. The minimum Gasteiger partial charge on any atom is -0.465 e. The number of fused-ring (bicyclic) bond motifs is 1. The lowest BCUT2D eigenvalue weighted by molar-refractivity contribution is 0.450. The van der Waals surface area contributed by atoms with Gasteiger partial charge in [0.25, 0.3) is 0 Å². The highest BCUT2D eigenvalue weighted by atomic mass is 32.1. The van der Waals surface area contributed by atoms with Crippen LogP contribution in [0, 0.1) is 0 Å². The van der Waals surface area contributed by atoms with E-state index in [-0.39, 0.29) is 0 Å². The van der Waals surface area contributed by atoms with Crippen LogP contribution in [-0.2, 0) is 0 Å². The van der Waals surface area contributed by atoms with Crippen LogP contribution in [0.4, 0.5) is 5.69 Å². The van der Waals surface area contributed by atoms with Crippen molar-refractivity contribution in [2.24, 2.45) is 0 Å². The molecule has 0 radical (unpaired) electrons. The number of nitrogens with zero attached hydrogens (tertiary/aromatic N) is 1. The molecule has 2 heterocycles. The molecule has 0 aliphatic carbocycles. The Morgan fingerprint density at radius 1 is 1.17 bits per heavy atom. The van der Waals surface area contributed by atoms with Crippen LogP contribution in [0.5, 0.6) is 5.75 Å². The van der Waals surface area contributed by atoms with Crippen molar-refractivity contribution >= 4 is 29.0 Å². The first-order valence-electron chi connectivity index (χ1n) is 5.56. The zero-order chi connectivity index (χ0) is 12.5. The average Bonchev–Trinajstić information content (AvgIpc) is 2.89. The predicted molar refractivity (Wildman–Crippen MR) is 74.8 cm³/mol. The Morgan fingerprint density at radius 2 is 2.00 bits per heavy atom. The molecule has 0 fully saturated rings. The van der Waals surface area contributed by atoms with E-state index in [1.54, 1.807) is 12.3 Å². The maximum atomic E-state index is 5.81. The lowest BCUT2D eigenvalue weighted by atomic mass is 10.2. The van der Waals surface area contributed by atoms with Crippen LogP contribution in [0.1, 0.15) is 5.76 Å². The van der Waals surface area contributed by atoms with E-state index < -0.39 is 0 Å². The molecule has 3 nitrogen and oxygen atoms in total. The minimum absolute atomic E-state index is 0.626. The average molecular weight is 257 g/mol. The van der Waals surface area contributed by atoms with Gasteiger partial charge in [-0.2, -0.15) is 0 Å². The Morgan fingerprint density at radius 3 is 2.78 bits per heavy atom. The van der Waals surface area contributed by atoms with E-state index in [0.717, 1.165) is 17.2 Å². The quantitative estimate of drug-likeness (QED) is 0.577. The van der Waals surface area contributed by atoms with Gasteiger partial charge >= 0.3 is 0 Å². The van der Waals surface area contributed by atoms with Crippen molar-refractivity contribution in [1.29, 1.82) is 0 Å². The Labute approximate surface area is 110 Å². The second-order valence-corrected chi connectivity index (χ2v) is 4.34. The Balaban J connectivity index is 2.03. The second-order valence-electron chi connectivity index (χ2n) is 3.96. The van der Waals surface area contributed by atoms with Crippen molar-refractivity contribution in [3.8, 4) is 5.75 Å². The normalized spacial score (nSPS) is 16.6. The topological polar surface area (TPSA) is 25.6 Å².